The van der Waals surface area contributed by atoms with Gasteiger partial charge < -0.3 is 0 Å². The van der Waals surface area contributed by atoms with Crippen molar-refractivity contribution < 1.29 is 24.1 Å². The van der Waals surface area contributed by atoms with E-state index in [0.717, 1.165) is 50.4 Å². The average molecular weight is 1010 g/mol. The van der Waals surface area contributed by atoms with Crippen LogP contribution in [0.15, 0.2) is 128 Å². The van der Waals surface area contributed by atoms with E-state index in [1.54, 1.807) is 0 Å². The van der Waals surface area contributed by atoms with Crippen molar-refractivity contribution in [1.29, 1.82) is 0 Å². The fourth-order valence-electron chi connectivity index (χ4n) is 9.13. The van der Waals surface area contributed by atoms with Gasteiger partial charge in [0.2, 0.25) is 0 Å². The van der Waals surface area contributed by atoms with Crippen LogP contribution >= 0.6 is 0 Å². The molecule has 63 heavy (non-hydrogen) atoms. The van der Waals surface area contributed by atoms with E-state index in [-0.39, 0.29) is 16.9 Å². The van der Waals surface area contributed by atoms with E-state index < -0.39 is 0 Å². The van der Waals surface area contributed by atoms with Crippen molar-refractivity contribution in [1.82, 2.24) is 14.1 Å². The van der Waals surface area contributed by atoms with E-state index >= 15 is 0 Å². The SMILES string of the molecule is Cc1c(C)c(-c2ccccc2)c(-n2[c](=[Pt])n(-c3[c-]c(Oc4[c-]c5c(cc4)CCC(C)N5c4cc(C(C)(C)C)ccn4)cc(C(C)(C)C)c3)c3ccccc32)c(-c2ccccc2)c1C. The van der Waals surface area contributed by atoms with E-state index in [1.807, 2.05) is 6.20 Å². The summed E-state index contributed by atoms with van der Waals surface area (Å²) in [5.74, 6) is 2.25. The molecule has 322 valence electrons. The van der Waals surface area contributed by atoms with Crippen molar-refractivity contribution >= 4 is 22.5 Å². The summed E-state index contributed by atoms with van der Waals surface area (Å²) in [6, 6.07) is 51.3. The van der Waals surface area contributed by atoms with Crippen molar-refractivity contribution in [2.24, 2.45) is 0 Å². The Balaban J connectivity index is 1.24. The molecule has 0 saturated carbocycles. The number of nitrogens with zero attached hydrogens (tertiary/aromatic N) is 4. The number of aryl methyl sites for hydroxylation is 1. The van der Waals surface area contributed by atoms with Gasteiger partial charge in [-0.3, -0.25) is 0 Å². The van der Waals surface area contributed by atoms with Gasteiger partial charge in [-0.1, -0.05) is 20.8 Å². The molecule has 2 aromatic heterocycles. The molecule has 1 unspecified atom stereocenters. The third-order valence-electron chi connectivity index (χ3n) is 12.9. The summed E-state index contributed by atoms with van der Waals surface area (Å²) in [7, 11) is 0. The fourth-order valence-corrected chi connectivity index (χ4v) is 10.2. The number of anilines is 2. The van der Waals surface area contributed by atoms with Crippen LogP contribution in [0.3, 0.4) is 0 Å². The zero-order valence-corrected chi connectivity index (χ0v) is 40.4. The number of para-hydroxylation sites is 2. The second-order valence-electron chi connectivity index (χ2n) is 19.2. The van der Waals surface area contributed by atoms with Crippen LogP contribution in [-0.4, -0.2) is 20.2 Å². The number of benzene rings is 6. The first-order valence-corrected chi connectivity index (χ1v) is 23.2. The van der Waals surface area contributed by atoms with E-state index in [4.69, 9.17) is 9.72 Å². The van der Waals surface area contributed by atoms with Crippen LogP contribution in [0.5, 0.6) is 11.5 Å². The maximum absolute atomic E-state index is 6.90. The molecule has 6 heteroatoms. The Morgan fingerprint density at radius 1 is 0.635 bits per heavy atom. The topological polar surface area (TPSA) is 35.2 Å². The van der Waals surface area contributed by atoms with Crippen LogP contribution in [0, 0.1) is 36.7 Å². The third-order valence-corrected chi connectivity index (χ3v) is 13.9. The first kappa shape index (κ1) is 42.5. The molecule has 0 aliphatic carbocycles. The molecule has 6 aromatic carbocycles. The molecule has 0 bridgehead atoms. The van der Waals surface area contributed by atoms with Crippen LogP contribution in [0.2, 0.25) is 0 Å². The first-order valence-electron chi connectivity index (χ1n) is 22.1. The summed E-state index contributed by atoms with van der Waals surface area (Å²) in [4.78, 5) is 7.24. The number of rotatable bonds is 7. The summed E-state index contributed by atoms with van der Waals surface area (Å²) < 4.78 is 12.8. The molecular weight excluding hydrogens is 952 g/mol. The molecule has 1 aliphatic heterocycles. The predicted molar refractivity (Wildman–Crippen MR) is 257 cm³/mol. The van der Waals surface area contributed by atoms with E-state index in [2.05, 4.69) is 236 Å². The van der Waals surface area contributed by atoms with Gasteiger partial charge in [-0.25, -0.2) is 0 Å². The molecule has 0 amide bonds. The number of fused-ring (bicyclic) bond motifs is 2. The molecule has 9 rings (SSSR count). The van der Waals surface area contributed by atoms with Gasteiger partial charge in [-0.05, 0) is 17.0 Å². The monoisotopic (exact) mass is 1010 g/mol. The van der Waals surface area contributed by atoms with Gasteiger partial charge in [0.25, 0.3) is 0 Å². The van der Waals surface area contributed by atoms with Crippen molar-refractivity contribution in [3.63, 3.8) is 0 Å². The van der Waals surface area contributed by atoms with Gasteiger partial charge in [0.05, 0.1) is 0 Å². The van der Waals surface area contributed by atoms with E-state index in [9.17, 15) is 0 Å². The summed E-state index contributed by atoms with van der Waals surface area (Å²) in [5.41, 5.74) is 17.5. The van der Waals surface area contributed by atoms with Crippen molar-refractivity contribution in [3.8, 4) is 45.1 Å². The third kappa shape index (κ3) is 7.84. The number of hydrogen-bond donors (Lipinski definition) is 0. The molecule has 3 heterocycles. The molecule has 0 spiro atoms. The Morgan fingerprint density at radius 2 is 1.22 bits per heavy atom. The van der Waals surface area contributed by atoms with Gasteiger partial charge in [0, 0.05) is 6.20 Å². The van der Waals surface area contributed by atoms with E-state index in [0.29, 0.717) is 11.5 Å². The van der Waals surface area contributed by atoms with Crippen molar-refractivity contribution in [3.05, 3.63) is 177 Å². The van der Waals surface area contributed by atoms with Gasteiger partial charge >= 0.3 is 343 Å². The molecule has 0 saturated heterocycles. The number of imidazole rings is 1. The summed E-state index contributed by atoms with van der Waals surface area (Å²) in [5, 5.41) is 0. The van der Waals surface area contributed by atoms with Crippen LogP contribution in [0.4, 0.5) is 11.5 Å². The molecule has 0 fully saturated rings. The van der Waals surface area contributed by atoms with Gasteiger partial charge in [0.1, 0.15) is 0 Å². The standard InChI is InChI=1S/C57H56N4O.Pt/c1-37-25-26-41-27-28-47(35-51(41)61(37)52-33-44(29-30-58-52)56(5,6)7)62-48-32-45(57(8,9)10)31-46(34-48)59-36-60(50-24-18-17-23-49(50)59)55-53(42-19-13-11-14-20-42)39(3)38(2)40(4)54(55)43-21-15-12-16-22-43;/h11-24,27-33,37H,25-26H2,1-10H3;/q-2;. The number of ether oxygens (including phenoxy) is 1. The zero-order valence-electron chi connectivity index (χ0n) is 38.1. The second-order valence-corrected chi connectivity index (χ2v) is 20.2. The Bertz CT molecular complexity index is 3010. The number of pyridine rings is 1. The molecule has 1 atom stereocenters. The summed E-state index contributed by atoms with van der Waals surface area (Å²) >= 11 is 2.54. The van der Waals surface area contributed by atoms with Crippen LogP contribution in [-0.2, 0) is 36.6 Å². The first-order chi connectivity index (χ1) is 30.1. The molecule has 0 N–H and O–H groups in total. The van der Waals surface area contributed by atoms with Gasteiger partial charge in [-0.15, -0.1) is 0 Å². The number of aromatic nitrogens is 3. The van der Waals surface area contributed by atoms with Crippen LogP contribution in [0.1, 0.15) is 88.3 Å². The summed E-state index contributed by atoms with van der Waals surface area (Å²) in [6.45, 7) is 22.6. The molecule has 1 aliphatic rings. The second kappa shape index (κ2) is 16.4. The van der Waals surface area contributed by atoms with Crippen LogP contribution in [0.25, 0.3) is 44.7 Å². The maximum atomic E-state index is 6.90. The average Bonchev–Trinajstić information content (AvgIpc) is 3.56. The summed E-state index contributed by atoms with van der Waals surface area (Å²) in [6.07, 6.45) is 3.96. The Morgan fingerprint density at radius 3 is 1.83 bits per heavy atom. The number of hydrogen-bond acceptors (Lipinski definition) is 3. The normalized spacial score (nSPS) is 14.3. The Labute approximate surface area is 384 Å². The fraction of sp³-hybridized carbons (Fsp3) is 0.263. The van der Waals surface area contributed by atoms with E-state index in [1.165, 1.54) is 55.8 Å². The minimum absolute atomic E-state index is 0.00833. The zero-order chi connectivity index (χ0) is 44.4. The van der Waals surface area contributed by atoms with Crippen molar-refractivity contribution in [2.45, 2.75) is 99.0 Å². The predicted octanol–water partition coefficient (Wildman–Crippen LogP) is 14.6. The quantitative estimate of drug-likeness (QED) is 0.149. The molecule has 5 nitrogen and oxygen atoms in total. The molecule has 0 radical (unpaired) electrons. The Kier molecular flexibility index (Phi) is 11.1. The molecular formula is C57H56N4OPt-2. The molecule has 8 aromatic rings. The Hall–Kier alpha value is -5.77. The van der Waals surface area contributed by atoms with Gasteiger partial charge in [-0.2, -0.15) is 0 Å². The minimum atomic E-state index is -0.172. The van der Waals surface area contributed by atoms with Crippen molar-refractivity contribution in [2.75, 3.05) is 4.90 Å². The van der Waals surface area contributed by atoms with Gasteiger partial charge in [0.15, 0.2) is 0 Å². The van der Waals surface area contributed by atoms with Crippen LogP contribution < -0.4 is 9.64 Å².